The number of carbonyl (C=O) groups excluding carboxylic acids is 1. The highest BCUT2D eigenvalue weighted by atomic mass is 32.2. The number of aliphatic hydroxyl groups excluding tert-OH is 1. The molecule has 1 aliphatic heterocycles. The molecule has 0 radical (unpaired) electrons. The van der Waals surface area contributed by atoms with Crippen molar-refractivity contribution >= 4 is 16.2 Å². The van der Waals surface area contributed by atoms with Crippen LogP contribution in [0.2, 0.25) is 0 Å². The van der Waals surface area contributed by atoms with Gasteiger partial charge in [-0.1, -0.05) is 0 Å². The van der Waals surface area contributed by atoms with Crippen molar-refractivity contribution in [3.63, 3.8) is 0 Å². The Kier molecular flexibility index (Phi) is 7.42. The fourth-order valence-electron chi connectivity index (χ4n) is 2.12. The zero-order valence-electron chi connectivity index (χ0n) is 11.9. The Hall–Kier alpha value is -0.700. The standard InChI is InChI=1S/C12H24N2O5S/c1-2-19-12(16)11-5-8-14(9-6-11)20(17,18)13-7-3-4-10-15/h11,13,15H,2-10H2,1H3. The third kappa shape index (κ3) is 5.35. The Labute approximate surface area is 120 Å². The maximum Gasteiger partial charge on any atom is 0.309 e. The van der Waals surface area contributed by atoms with Gasteiger partial charge in [-0.2, -0.15) is 12.7 Å². The highest BCUT2D eigenvalue weighted by molar-refractivity contribution is 7.87. The average molecular weight is 308 g/mol. The number of nitrogens with zero attached hydrogens (tertiary/aromatic N) is 1. The average Bonchev–Trinajstić information content (AvgIpc) is 2.44. The molecule has 1 aliphatic rings. The third-order valence-corrected chi connectivity index (χ3v) is 4.90. The smallest absolute Gasteiger partial charge is 0.309 e. The lowest BCUT2D eigenvalue weighted by Crippen LogP contribution is -2.46. The normalized spacial score (nSPS) is 18.1. The van der Waals surface area contributed by atoms with Gasteiger partial charge in [0.05, 0.1) is 12.5 Å². The van der Waals surface area contributed by atoms with Gasteiger partial charge in [0.1, 0.15) is 0 Å². The Morgan fingerprint density at radius 3 is 2.55 bits per heavy atom. The van der Waals surface area contributed by atoms with Gasteiger partial charge in [-0.15, -0.1) is 0 Å². The molecule has 0 aromatic carbocycles. The van der Waals surface area contributed by atoms with E-state index in [9.17, 15) is 13.2 Å². The first-order chi connectivity index (χ1) is 9.51. The second-order valence-electron chi connectivity index (χ2n) is 4.76. The van der Waals surface area contributed by atoms with E-state index in [-0.39, 0.29) is 18.5 Å². The third-order valence-electron chi connectivity index (χ3n) is 3.28. The molecule has 0 bridgehead atoms. The van der Waals surface area contributed by atoms with Crippen molar-refractivity contribution in [2.45, 2.75) is 32.6 Å². The van der Waals surface area contributed by atoms with E-state index in [4.69, 9.17) is 9.84 Å². The molecule has 0 atom stereocenters. The van der Waals surface area contributed by atoms with E-state index in [1.807, 2.05) is 0 Å². The lowest BCUT2D eigenvalue weighted by Gasteiger charge is -2.30. The molecule has 118 valence electrons. The number of hydrogen-bond donors (Lipinski definition) is 2. The van der Waals surface area contributed by atoms with E-state index in [0.717, 1.165) is 0 Å². The van der Waals surface area contributed by atoms with E-state index in [0.29, 0.717) is 51.9 Å². The monoisotopic (exact) mass is 308 g/mol. The summed E-state index contributed by atoms with van der Waals surface area (Å²) in [5.41, 5.74) is 0. The molecule has 0 amide bonds. The molecule has 0 aliphatic carbocycles. The molecule has 8 heteroatoms. The Balaban J connectivity index is 2.37. The van der Waals surface area contributed by atoms with Crippen LogP contribution in [0.5, 0.6) is 0 Å². The SMILES string of the molecule is CCOC(=O)C1CCN(S(=O)(=O)NCCCCO)CC1. The minimum atomic E-state index is -3.48. The summed E-state index contributed by atoms with van der Waals surface area (Å²) in [6.07, 6.45) is 2.18. The molecule has 2 N–H and O–H groups in total. The van der Waals surface area contributed by atoms with Crippen molar-refractivity contribution in [2.75, 3.05) is 32.8 Å². The van der Waals surface area contributed by atoms with Crippen LogP contribution in [0.3, 0.4) is 0 Å². The molecule has 1 saturated heterocycles. The Bertz CT molecular complexity index is 391. The Morgan fingerprint density at radius 1 is 1.35 bits per heavy atom. The van der Waals surface area contributed by atoms with Gasteiger partial charge in [0, 0.05) is 26.2 Å². The fraction of sp³-hybridized carbons (Fsp3) is 0.917. The molecular formula is C12H24N2O5S. The van der Waals surface area contributed by atoms with Gasteiger partial charge < -0.3 is 9.84 Å². The van der Waals surface area contributed by atoms with Gasteiger partial charge in [0.25, 0.3) is 10.2 Å². The molecule has 1 rings (SSSR count). The fourth-order valence-corrected chi connectivity index (χ4v) is 3.40. The predicted molar refractivity (Wildman–Crippen MR) is 74.2 cm³/mol. The second-order valence-corrected chi connectivity index (χ2v) is 6.51. The largest absolute Gasteiger partial charge is 0.466 e. The van der Waals surface area contributed by atoms with Crippen LogP contribution in [0.25, 0.3) is 0 Å². The summed E-state index contributed by atoms with van der Waals surface area (Å²) in [5.74, 6) is -0.434. The van der Waals surface area contributed by atoms with Gasteiger partial charge in [0.15, 0.2) is 0 Å². The van der Waals surface area contributed by atoms with Crippen molar-refractivity contribution < 1.29 is 23.1 Å². The molecule has 0 unspecified atom stereocenters. The molecule has 1 fully saturated rings. The van der Waals surface area contributed by atoms with Crippen LogP contribution in [0.4, 0.5) is 0 Å². The van der Waals surface area contributed by atoms with Gasteiger partial charge in [-0.3, -0.25) is 4.79 Å². The maximum atomic E-state index is 12.0. The number of carbonyl (C=O) groups is 1. The van der Waals surface area contributed by atoms with Crippen molar-refractivity contribution in [1.82, 2.24) is 9.03 Å². The number of ether oxygens (including phenoxy) is 1. The van der Waals surface area contributed by atoms with Crippen LogP contribution in [0, 0.1) is 5.92 Å². The molecule has 7 nitrogen and oxygen atoms in total. The molecule has 0 aromatic rings. The lowest BCUT2D eigenvalue weighted by atomic mass is 9.98. The van der Waals surface area contributed by atoms with Crippen LogP contribution in [0.15, 0.2) is 0 Å². The molecular weight excluding hydrogens is 284 g/mol. The van der Waals surface area contributed by atoms with Crippen molar-refractivity contribution in [2.24, 2.45) is 5.92 Å². The first kappa shape index (κ1) is 17.4. The summed E-state index contributed by atoms with van der Waals surface area (Å²) in [6, 6.07) is 0. The zero-order chi connectivity index (χ0) is 15.0. The number of nitrogens with one attached hydrogen (secondary N) is 1. The minimum absolute atomic E-state index is 0.0622. The van der Waals surface area contributed by atoms with E-state index in [1.165, 1.54) is 4.31 Å². The second kappa shape index (κ2) is 8.56. The summed E-state index contributed by atoms with van der Waals surface area (Å²) in [4.78, 5) is 11.6. The van der Waals surface area contributed by atoms with Gasteiger partial charge in [-0.05, 0) is 32.6 Å². The summed E-state index contributed by atoms with van der Waals surface area (Å²) in [5, 5.41) is 8.64. The van der Waals surface area contributed by atoms with Crippen LogP contribution in [0.1, 0.15) is 32.6 Å². The van der Waals surface area contributed by atoms with Crippen LogP contribution in [-0.4, -0.2) is 56.6 Å². The van der Waals surface area contributed by atoms with Crippen LogP contribution < -0.4 is 4.72 Å². The van der Waals surface area contributed by atoms with E-state index in [2.05, 4.69) is 4.72 Å². The lowest BCUT2D eigenvalue weighted by molar-refractivity contribution is -0.149. The zero-order valence-corrected chi connectivity index (χ0v) is 12.7. The summed E-state index contributed by atoms with van der Waals surface area (Å²) in [7, 11) is -3.48. The molecule has 0 spiro atoms. The number of rotatable bonds is 8. The highest BCUT2D eigenvalue weighted by Gasteiger charge is 2.31. The predicted octanol–water partition coefficient (Wildman–Crippen LogP) is -0.132. The summed E-state index contributed by atoms with van der Waals surface area (Å²) >= 11 is 0. The number of hydrogen-bond acceptors (Lipinski definition) is 5. The summed E-state index contributed by atoms with van der Waals surface area (Å²) in [6.45, 7) is 3.16. The van der Waals surface area contributed by atoms with E-state index < -0.39 is 10.2 Å². The van der Waals surface area contributed by atoms with Crippen LogP contribution >= 0.6 is 0 Å². The van der Waals surface area contributed by atoms with Gasteiger partial charge >= 0.3 is 5.97 Å². The van der Waals surface area contributed by atoms with Gasteiger partial charge in [-0.25, -0.2) is 4.72 Å². The van der Waals surface area contributed by atoms with Crippen LogP contribution in [-0.2, 0) is 19.7 Å². The number of unbranched alkanes of at least 4 members (excludes halogenated alkanes) is 1. The minimum Gasteiger partial charge on any atom is -0.466 e. The number of esters is 1. The number of aliphatic hydroxyl groups is 1. The van der Waals surface area contributed by atoms with Crippen molar-refractivity contribution in [1.29, 1.82) is 0 Å². The first-order valence-electron chi connectivity index (χ1n) is 7.03. The van der Waals surface area contributed by atoms with E-state index in [1.54, 1.807) is 6.92 Å². The Morgan fingerprint density at radius 2 is 2.00 bits per heavy atom. The molecule has 20 heavy (non-hydrogen) atoms. The quantitative estimate of drug-likeness (QED) is 0.481. The number of piperidine rings is 1. The maximum absolute atomic E-state index is 12.0. The molecule has 1 heterocycles. The molecule has 0 aromatic heterocycles. The topological polar surface area (TPSA) is 95.9 Å². The first-order valence-corrected chi connectivity index (χ1v) is 8.47. The van der Waals surface area contributed by atoms with E-state index >= 15 is 0 Å². The van der Waals surface area contributed by atoms with Crippen molar-refractivity contribution in [3.8, 4) is 0 Å². The summed E-state index contributed by atoms with van der Waals surface area (Å²) < 4.78 is 32.8. The van der Waals surface area contributed by atoms with Crippen molar-refractivity contribution in [3.05, 3.63) is 0 Å². The highest BCUT2D eigenvalue weighted by Crippen LogP contribution is 2.20. The van der Waals surface area contributed by atoms with Gasteiger partial charge in [0.2, 0.25) is 0 Å². The molecule has 0 saturated carbocycles.